The average Bonchev–Trinajstić information content (AvgIpc) is 1.98. The van der Waals surface area contributed by atoms with E-state index in [0.717, 1.165) is 0 Å². The van der Waals surface area contributed by atoms with Crippen LogP contribution in [0.1, 0.15) is 6.92 Å². The van der Waals surface area contributed by atoms with Crippen molar-refractivity contribution in [1.82, 2.24) is 5.32 Å². The Morgan fingerprint density at radius 3 is 2.42 bits per heavy atom. The number of terminal acetylenes is 1. The van der Waals surface area contributed by atoms with Gasteiger partial charge in [0.05, 0.1) is 6.04 Å². The number of carboxylic acids is 1. The number of carbonyl (C=O) groups excluding carboxylic acids is 1. The summed E-state index contributed by atoms with van der Waals surface area (Å²) in [6, 6.07) is -2.07. The number of carboxylic acid groups (broad SMARTS) is 1. The summed E-state index contributed by atoms with van der Waals surface area (Å²) in [4.78, 5) is 21.1. The second-order valence-corrected chi connectivity index (χ2v) is 2.24. The van der Waals surface area contributed by atoms with E-state index in [9.17, 15) is 9.59 Å². The topological polar surface area (TPSA) is 92.4 Å². The molecule has 0 aromatic heterocycles. The monoisotopic (exact) mass is 170 g/mol. The molecule has 0 aliphatic rings. The summed E-state index contributed by atoms with van der Waals surface area (Å²) in [5.41, 5.74) is 5.17. The van der Waals surface area contributed by atoms with Gasteiger partial charge in [0, 0.05) is 0 Å². The number of carbonyl (C=O) groups is 2. The van der Waals surface area contributed by atoms with E-state index in [4.69, 9.17) is 17.3 Å². The predicted octanol–water partition coefficient (Wildman–Crippen LogP) is -1.46. The molecular formula is C7H10N2O3. The third-order valence-electron chi connectivity index (χ3n) is 1.11. The Bertz CT molecular complexity index is 229. The van der Waals surface area contributed by atoms with Crippen LogP contribution in [0.4, 0.5) is 0 Å². The maximum absolute atomic E-state index is 10.8. The van der Waals surface area contributed by atoms with E-state index in [0.29, 0.717) is 0 Å². The van der Waals surface area contributed by atoms with Gasteiger partial charge < -0.3 is 16.2 Å². The summed E-state index contributed by atoms with van der Waals surface area (Å²) in [5.74, 6) is 0.0455. The number of amides is 1. The van der Waals surface area contributed by atoms with Crippen molar-refractivity contribution < 1.29 is 14.7 Å². The first kappa shape index (κ1) is 10.5. The normalized spacial score (nSPS) is 14.1. The SMILES string of the molecule is C#C[C@H](NC(=O)[C@H](C)N)C(=O)O. The molecule has 1 amide bonds. The maximum Gasteiger partial charge on any atom is 0.338 e. The predicted molar refractivity (Wildman–Crippen MR) is 42.0 cm³/mol. The molecule has 0 aliphatic heterocycles. The Morgan fingerprint density at radius 1 is 1.67 bits per heavy atom. The molecule has 0 heterocycles. The number of hydrogen-bond acceptors (Lipinski definition) is 3. The highest BCUT2D eigenvalue weighted by atomic mass is 16.4. The summed E-state index contributed by atoms with van der Waals surface area (Å²) in [6.45, 7) is 1.44. The summed E-state index contributed by atoms with van der Waals surface area (Å²) in [6.07, 6.45) is 4.84. The molecular weight excluding hydrogens is 160 g/mol. The minimum Gasteiger partial charge on any atom is -0.479 e. The maximum atomic E-state index is 10.8. The Hall–Kier alpha value is -1.54. The Balaban J connectivity index is 4.15. The van der Waals surface area contributed by atoms with Gasteiger partial charge >= 0.3 is 5.97 Å². The fourth-order valence-corrected chi connectivity index (χ4v) is 0.448. The first-order valence-electron chi connectivity index (χ1n) is 3.24. The quantitative estimate of drug-likeness (QED) is 0.451. The minimum absolute atomic E-state index is 0.583. The number of nitrogens with one attached hydrogen (secondary N) is 1. The molecule has 2 atom stereocenters. The van der Waals surface area contributed by atoms with Crippen LogP contribution in [0.15, 0.2) is 0 Å². The highest BCUT2D eigenvalue weighted by Crippen LogP contribution is 1.83. The molecule has 0 aromatic carbocycles. The van der Waals surface area contributed by atoms with Crippen molar-refractivity contribution in [1.29, 1.82) is 0 Å². The molecule has 0 radical (unpaired) electrons. The van der Waals surface area contributed by atoms with Crippen molar-refractivity contribution in [2.45, 2.75) is 19.0 Å². The smallest absolute Gasteiger partial charge is 0.338 e. The highest BCUT2D eigenvalue weighted by molar-refractivity contribution is 5.88. The van der Waals surface area contributed by atoms with E-state index in [1.807, 2.05) is 5.92 Å². The Labute approximate surface area is 69.9 Å². The third kappa shape index (κ3) is 3.03. The first-order chi connectivity index (χ1) is 5.49. The van der Waals surface area contributed by atoms with Crippen molar-refractivity contribution in [3.63, 3.8) is 0 Å². The van der Waals surface area contributed by atoms with Gasteiger partial charge in [-0.25, -0.2) is 4.79 Å². The van der Waals surface area contributed by atoms with E-state index < -0.39 is 24.0 Å². The Kier molecular flexibility index (Phi) is 3.80. The second-order valence-electron chi connectivity index (χ2n) is 2.24. The van der Waals surface area contributed by atoms with Crippen LogP contribution in [0.2, 0.25) is 0 Å². The lowest BCUT2D eigenvalue weighted by Gasteiger charge is -2.09. The fraction of sp³-hybridized carbons (Fsp3) is 0.429. The molecule has 5 heteroatoms. The fourth-order valence-electron chi connectivity index (χ4n) is 0.448. The minimum atomic E-state index is -1.30. The summed E-state index contributed by atoms with van der Waals surface area (Å²) < 4.78 is 0. The van der Waals surface area contributed by atoms with Gasteiger partial charge in [-0.3, -0.25) is 4.79 Å². The molecule has 0 unspecified atom stereocenters. The number of nitrogens with two attached hydrogens (primary N) is 1. The van der Waals surface area contributed by atoms with Crippen LogP contribution >= 0.6 is 0 Å². The van der Waals surface area contributed by atoms with Gasteiger partial charge in [0.15, 0.2) is 6.04 Å². The molecule has 66 valence electrons. The average molecular weight is 170 g/mol. The molecule has 0 rings (SSSR count). The number of rotatable bonds is 3. The van der Waals surface area contributed by atoms with Gasteiger partial charge in [-0.15, -0.1) is 6.42 Å². The molecule has 4 N–H and O–H groups in total. The number of aliphatic carboxylic acids is 1. The molecule has 0 saturated carbocycles. The van der Waals surface area contributed by atoms with Crippen LogP contribution < -0.4 is 11.1 Å². The van der Waals surface area contributed by atoms with Crippen LogP contribution in [0.25, 0.3) is 0 Å². The molecule has 0 fully saturated rings. The molecule has 0 aliphatic carbocycles. The van der Waals surface area contributed by atoms with E-state index in [1.54, 1.807) is 0 Å². The highest BCUT2D eigenvalue weighted by Gasteiger charge is 2.18. The van der Waals surface area contributed by atoms with E-state index in [-0.39, 0.29) is 0 Å². The lowest BCUT2D eigenvalue weighted by atomic mass is 10.2. The van der Waals surface area contributed by atoms with Crippen molar-refractivity contribution in [2.75, 3.05) is 0 Å². The van der Waals surface area contributed by atoms with Crippen molar-refractivity contribution in [3.8, 4) is 12.3 Å². The van der Waals surface area contributed by atoms with Gasteiger partial charge in [-0.1, -0.05) is 5.92 Å². The van der Waals surface area contributed by atoms with E-state index in [1.165, 1.54) is 6.92 Å². The lowest BCUT2D eigenvalue weighted by Crippen LogP contribution is -2.46. The molecule has 0 aromatic rings. The lowest BCUT2D eigenvalue weighted by molar-refractivity contribution is -0.140. The van der Waals surface area contributed by atoms with Gasteiger partial charge in [0.2, 0.25) is 5.91 Å². The largest absolute Gasteiger partial charge is 0.479 e. The summed E-state index contributed by atoms with van der Waals surface area (Å²) >= 11 is 0. The van der Waals surface area contributed by atoms with Crippen LogP contribution in [0, 0.1) is 12.3 Å². The van der Waals surface area contributed by atoms with Crippen molar-refractivity contribution in [2.24, 2.45) is 5.73 Å². The first-order valence-corrected chi connectivity index (χ1v) is 3.24. The van der Waals surface area contributed by atoms with Crippen molar-refractivity contribution >= 4 is 11.9 Å². The summed E-state index contributed by atoms with van der Waals surface area (Å²) in [7, 11) is 0. The van der Waals surface area contributed by atoms with Gasteiger partial charge in [0.1, 0.15) is 0 Å². The Morgan fingerprint density at radius 2 is 2.17 bits per heavy atom. The van der Waals surface area contributed by atoms with Crippen LogP contribution in [0.3, 0.4) is 0 Å². The molecule has 0 spiro atoms. The van der Waals surface area contributed by atoms with Crippen LogP contribution in [-0.4, -0.2) is 29.1 Å². The van der Waals surface area contributed by atoms with Gasteiger partial charge in [0.25, 0.3) is 0 Å². The zero-order valence-corrected chi connectivity index (χ0v) is 6.57. The molecule has 5 nitrogen and oxygen atoms in total. The van der Waals surface area contributed by atoms with Gasteiger partial charge in [-0.05, 0) is 6.92 Å². The zero-order chi connectivity index (χ0) is 9.72. The van der Waals surface area contributed by atoms with Crippen LogP contribution in [-0.2, 0) is 9.59 Å². The van der Waals surface area contributed by atoms with Crippen LogP contribution in [0.5, 0.6) is 0 Å². The molecule has 12 heavy (non-hydrogen) atoms. The zero-order valence-electron chi connectivity index (χ0n) is 6.57. The third-order valence-corrected chi connectivity index (χ3v) is 1.11. The second kappa shape index (κ2) is 4.36. The van der Waals surface area contributed by atoms with Gasteiger partial charge in [-0.2, -0.15) is 0 Å². The summed E-state index contributed by atoms with van der Waals surface area (Å²) in [5, 5.41) is 10.5. The molecule has 0 saturated heterocycles. The van der Waals surface area contributed by atoms with E-state index in [2.05, 4.69) is 5.32 Å². The standard InChI is InChI=1S/C7H10N2O3/c1-3-5(7(11)12)9-6(10)4(2)8/h1,4-5H,8H2,2H3,(H,9,10)(H,11,12)/t4-,5-/m0/s1. The number of hydrogen-bond donors (Lipinski definition) is 3. The van der Waals surface area contributed by atoms with Crippen molar-refractivity contribution in [3.05, 3.63) is 0 Å². The van der Waals surface area contributed by atoms with E-state index >= 15 is 0 Å². The molecule has 0 bridgehead atoms.